The SMILES string of the molecule is CC(C)(C)C[N-]c1ccccc1[N-]CC(C)(C)C.CC(C)(C)C[N-]c1ccccc1[N-]CC(C)(C)C.[Al][Cl].[Al][Cl]. The molecule has 0 aliphatic heterocycles. The molecule has 8 heteroatoms. The molecule has 0 unspecified atom stereocenters. The maximum atomic E-state index is 4.68. The van der Waals surface area contributed by atoms with E-state index in [4.69, 9.17) is 0 Å². The van der Waals surface area contributed by atoms with Crippen molar-refractivity contribution in [1.29, 1.82) is 0 Å². The molecule has 4 nitrogen and oxygen atoms in total. The zero-order valence-electron chi connectivity index (χ0n) is 27.1. The standard InChI is InChI=1S/2C16H26N2.2Al.2ClH/c2*1-15(2,3)11-17-13-9-7-8-10-14(13)18-12-16(4,5)6;;;;/h2*7-10H,11-12H2,1-6H3;;;2*1H/q2*-2;2*+1;;/p-2. The van der Waals surface area contributed by atoms with Gasteiger partial charge in [-0.25, -0.2) is 0 Å². The van der Waals surface area contributed by atoms with Gasteiger partial charge in [-0.3, -0.25) is 20.1 Å². The first kappa shape index (κ1) is 41.4. The molecule has 0 amide bonds. The monoisotopic (exact) mass is 616 g/mol. The van der Waals surface area contributed by atoms with Gasteiger partial charge in [-0.15, -0.1) is 26.2 Å². The Morgan fingerprint density at radius 2 is 0.550 bits per heavy atom. The Hall–Kier alpha value is -0.715. The van der Waals surface area contributed by atoms with E-state index in [-0.39, 0.29) is 21.7 Å². The highest BCUT2D eigenvalue weighted by Gasteiger charge is 2.05. The molecule has 224 valence electrons. The molecule has 0 aliphatic rings. The molecule has 0 atom stereocenters. The molecular formula is C32H52Al2Cl2N4-4. The molecule has 0 aromatic heterocycles. The summed E-state index contributed by atoms with van der Waals surface area (Å²) >= 11 is 3.78. The first-order valence-electron chi connectivity index (χ1n) is 13.7. The summed E-state index contributed by atoms with van der Waals surface area (Å²) in [6.45, 7) is 29.7. The van der Waals surface area contributed by atoms with Gasteiger partial charge in [-0.2, -0.15) is 22.7 Å². The third kappa shape index (κ3) is 23.9. The van der Waals surface area contributed by atoms with E-state index in [0.717, 1.165) is 48.9 Å². The number of hydrogen-bond donors (Lipinski definition) is 0. The molecule has 0 saturated carbocycles. The number of rotatable bonds is 8. The van der Waals surface area contributed by atoms with Crippen molar-refractivity contribution >= 4 is 73.6 Å². The number of nitrogens with zero attached hydrogens (tertiary/aromatic N) is 4. The van der Waals surface area contributed by atoms with Crippen LogP contribution in [-0.4, -0.2) is 56.9 Å². The summed E-state index contributed by atoms with van der Waals surface area (Å²) < 4.78 is 0. The van der Waals surface area contributed by atoms with E-state index in [9.17, 15) is 0 Å². The van der Waals surface area contributed by atoms with Gasteiger partial charge >= 0.3 is 0 Å². The van der Waals surface area contributed by atoms with Gasteiger partial charge in [0.2, 0.25) is 0 Å². The van der Waals surface area contributed by atoms with Gasteiger partial charge in [0, 0.05) is 0 Å². The Morgan fingerprint density at radius 3 is 0.675 bits per heavy atom. The van der Waals surface area contributed by atoms with Gasteiger partial charge < -0.3 is 21.3 Å². The highest BCUT2D eigenvalue weighted by atomic mass is 35.6. The van der Waals surface area contributed by atoms with Crippen LogP contribution in [0.4, 0.5) is 22.7 Å². The van der Waals surface area contributed by atoms with Crippen LogP contribution in [0, 0.1) is 21.7 Å². The van der Waals surface area contributed by atoms with Crippen LogP contribution in [0.3, 0.4) is 0 Å². The van der Waals surface area contributed by atoms with Crippen LogP contribution in [-0.2, 0) is 0 Å². The fourth-order valence-electron chi connectivity index (χ4n) is 2.75. The van der Waals surface area contributed by atoms with Crippen LogP contribution in [0.2, 0.25) is 0 Å². The largest absolute Gasteiger partial charge is 0.685 e. The quantitative estimate of drug-likeness (QED) is 0.265. The lowest BCUT2D eigenvalue weighted by atomic mass is 9.96. The Morgan fingerprint density at radius 1 is 0.400 bits per heavy atom. The average Bonchev–Trinajstić information content (AvgIpc) is 2.86. The van der Waals surface area contributed by atoms with E-state index in [1.54, 1.807) is 0 Å². The van der Waals surface area contributed by atoms with Crippen molar-refractivity contribution in [1.82, 2.24) is 0 Å². The first-order valence-corrected chi connectivity index (χ1v) is 17.2. The van der Waals surface area contributed by atoms with Crippen LogP contribution in [0.5, 0.6) is 0 Å². The lowest BCUT2D eigenvalue weighted by Gasteiger charge is -2.39. The second kappa shape index (κ2) is 20.2. The van der Waals surface area contributed by atoms with Crippen molar-refractivity contribution in [2.24, 2.45) is 21.7 Å². The van der Waals surface area contributed by atoms with Gasteiger partial charge in [0.05, 0.1) is 0 Å². The van der Waals surface area contributed by atoms with Crippen LogP contribution < -0.4 is 0 Å². The van der Waals surface area contributed by atoms with Crippen LogP contribution >= 0.6 is 20.1 Å². The normalized spacial score (nSPS) is 11.3. The first-order chi connectivity index (χ1) is 18.3. The van der Waals surface area contributed by atoms with E-state index in [2.05, 4.69) is 124 Å². The summed E-state index contributed by atoms with van der Waals surface area (Å²) in [6, 6.07) is 16.3. The van der Waals surface area contributed by atoms with Crippen molar-refractivity contribution in [3.63, 3.8) is 0 Å². The maximum Gasteiger partial charge on any atom is 0.293 e. The molecule has 4 radical (unpaired) electrons. The number of hydrogen-bond acceptors (Lipinski definition) is 0. The number of para-hydroxylation sites is 4. The average molecular weight is 618 g/mol. The van der Waals surface area contributed by atoms with E-state index in [1.807, 2.05) is 79.3 Å². The zero-order valence-corrected chi connectivity index (χ0v) is 31.0. The maximum absolute atomic E-state index is 4.68. The number of benzene rings is 2. The Kier molecular flexibility index (Phi) is 21.0. The third-order valence-electron chi connectivity index (χ3n) is 4.66. The minimum absolute atomic E-state index is 0.219. The van der Waals surface area contributed by atoms with Crippen LogP contribution in [0.25, 0.3) is 21.3 Å². The predicted molar refractivity (Wildman–Crippen MR) is 185 cm³/mol. The molecule has 2 rings (SSSR count). The highest BCUT2D eigenvalue weighted by Crippen LogP contribution is 2.39. The fourth-order valence-corrected chi connectivity index (χ4v) is 2.75. The van der Waals surface area contributed by atoms with E-state index < -0.39 is 0 Å². The van der Waals surface area contributed by atoms with Gasteiger partial charge in [-0.1, -0.05) is 153 Å². The fraction of sp³-hybridized carbons (Fsp3) is 0.625. The molecule has 0 saturated heterocycles. The minimum atomic E-state index is 0.219. The molecule has 2 aromatic carbocycles. The van der Waals surface area contributed by atoms with Crippen LogP contribution in [0.1, 0.15) is 83.1 Å². The van der Waals surface area contributed by atoms with Gasteiger partial charge in [0.1, 0.15) is 0 Å². The Bertz CT molecular complexity index is 763. The van der Waals surface area contributed by atoms with Crippen molar-refractivity contribution in [3.05, 3.63) is 69.8 Å². The summed E-state index contributed by atoms with van der Waals surface area (Å²) in [7, 11) is 9.11. The molecule has 40 heavy (non-hydrogen) atoms. The summed E-state index contributed by atoms with van der Waals surface area (Å²) in [5, 5.41) is 18.7. The van der Waals surface area contributed by atoms with Crippen molar-refractivity contribution in [3.8, 4) is 0 Å². The Balaban J connectivity index is 0. The smallest absolute Gasteiger partial charge is 0.293 e. The third-order valence-corrected chi connectivity index (χ3v) is 4.66. The van der Waals surface area contributed by atoms with Gasteiger partial charge in [0.25, 0.3) is 30.7 Å². The molecule has 0 spiro atoms. The molecule has 0 heterocycles. The summed E-state index contributed by atoms with van der Waals surface area (Å²) in [6.07, 6.45) is 0. The number of halogens is 2. The zero-order chi connectivity index (χ0) is 31.6. The topological polar surface area (TPSA) is 56.4 Å². The van der Waals surface area contributed by atoms with Crippen molar-refractivity contribution in [2.75, 3.05) is 26.2 Å². The van der Waals surface area contributed by atoms with Crippen LogP contribution in [0.15, 0.2) is 48.5 Å². The lowest BCUT2D eigenvalue weighted by Crippen LogP contribution is -2.10. The summed E-state index contributed by atoms with van der Waals surface area (Å²) in [5.41, 5.74) is 4.92. The highest BCUT2D eigenvalue weighted by molar-refractivity contribution is 6.81. The van der Waals surface area contributed by atoms with E-state index >= 15 is 0 Å². The lowest BCUT2D eigenvalue weighted by molar-refractivity contribution is 0.450. The molecule has 0 fully saturated rings. The summed E-state index contributed by atoms with van der Waals surface area (Å²) in [4.78, 5) is 0. The minimum Gasteiger partial charge on any atom is -0.685 e. The molecule has 0 bridgehead atoms. The van der Waals surface area contributed by atoms with E-state index in [1.165, 1.54) is 0 Å². The molecular weight excluding hydrogens is 565 g/mol. The molecule has 0 N–H and O–H groups in total. The second-order valence-corrected chi connectivity index (χ2v) is 14.5. The predicted octanol–water partition coefficient (Wildman–Crippen LogP) is 12.2. The second-order valence-electron chi connectivity index (χ2n) is 14.5. The van der Waals surface area contributed by atoms with E-state index in [0.29, 0.717) is 0 Å². The molecule has 2 aromatic rings. The Labute approximate surface area is 272 Å². The van der Waals surface area contributed by atoms with Crippen molar-refractivity contribution in [2.45, 2.75) is 83.1 Å². The van der Waals surface area contributed by atoms with Crippen molar-refractivity contribution < 1.29 is 0 Å². The van der Waals surface area contributed by atoms with Gasteiger partial charge in [-0.05, 0) is 0 Å². The van der Waals surface area contributed by atoms with Gasteiger partial charge in [0.15, 0.2) is 0 Å². The molecule has 0 aliphatic carbocycles. The summed E-state index contributed by atoms with van der Waals surface area (Å²) in [5.74, 6) is 0.